The zero-order valence-electron chi connectivity index (χ0n) is 6.59. The van der Waals surface area contributed by atoms with Gasteiger partial charge in [0.2, 0.25) is 0 Å². The summed E-state index contributed by atoms with van der Waals surface area (Å²) >= 11 is 0. The Bertz CT molecular complexity index is 248. The molecule has 0 saturated heterocycles. The second-order valence-electron chi connectivity index (χ2n) is 2.11. The Morgan fingerprint density at radius 3 is 2.45 bits per heavy atom. The predicted molar refractivity (Wildman–Crippen MR) is 43.4 cm³/mol. The third-order valence-corrected chi connectivity index (χ3v) is 1.22. The van der Waals surface area contributed by atoms with Crippen molar-refractivity contribution in [2.45, 2.75) is 19.8 Å². The van der Waals surface area contributed by atoms with E-state index in [4.69, 9.17) is 10.5 Å². The van der Waals surface area contributed by atoms with E-state index in [9.17, 15) is 0 Å². The molecule has 0 fully saturated rings. The average molecular weight is 146 g/mol. The zero-order valence-corrected chi connectivity index (χ0v) is 6.59. The maximum Gasteiger partial charge on any atom is 0.100 e. The molecule has 0 amide bonds. The first-order valence-corrected chi connectivity index (χ1v) is 3.45. The minimum atomic E-state index is 0.251. The van der Waals surface area contributed by atoms with Crippen LogP contribution in [0.25, 0.3) is 0 Å². The summed E-state index contributed by atoms with van der Waals surface area (Å²) in [7, 11) is 0. The van der Waals surface area contributed by atoms with Crippen molar-refractivity contribution in [2.75, 3.05) is 0 Å². The second kappa shape index (κ2) is 5.26. The molecule has 0 bridgehead atoms. The number of unbranched alkanes of at least 4 members (excludes halogenated alkanes) is 1. The maximum atomic E-state index is 8.52. The van der Waals surface area contributed by atoms with Crippen LogP contribution in [0.3, 0.4) is 0 Å². The molecule has 0 aliphatic heterocycles. The Morgan fingerprint density at radius 2 is 2.09 bits per heavy atom. The van der Waals surface area contributed by atoms with Crippen LogP contribution in [0.1, 0.15) is 19.8 Å². The molecule has 0 aromatic rings. The Labute approximate surface area is 67.1 Å². The van der Waals surface area contributed by atoms with Crippen molar-refractivity contribution in [3.63, 3.8) is 0 Å². The van der Waals surface area contributed by atoms with Crippen molar-refractivity contribution in [1.29, 1.82) is 10.5 Å². The quantitative estimate of drug-likeness (QED) is 0.453. The molecule has 0 rings (SSSR count). The summed E-state index contributed by atoms with van der Waals surface area (Å²) in [5.74, 6) is 0. The molecule has 0 aliphatic rings. The highest BCUT2D eigenvalue weighted by Gasteiger charge is 1.97. The van der Waals surface area contributed by atoms with Crippen LogP contribution in [0.15, 0.2) is 23.8 Å². The van der Waals surface area contributed by atoms with Gasteiger partial charge in [0.25, 0.3) is 0 Å². The fourth-order valence-electron chi connectivity index (χ4n) is 0.585. The molecule has 56 valence electrons. The van der Waals surface area contributed by atoms with E-state index in [1.165, 1.54) is 0 Å². The van der Waals surface area contributed by atoms with Gasteiger partial charge < -0.3 is 0 Å². The van der Waals surface area contributed by atoms with Gasteiger partial charge in [0.15, 0.2) is 0 Å². The monoisotopic (exact) mass is 146 g/mol. The highest BCUT2D eigenvalue weighted by Crippen LogP contribution is 2.06. The van der Waals surface area contributed by atoms with Gasteiger partial charge in [-0.2, -0.15) is 10.5 Å². The van der Waals surface area contributed by atoms with Crippen molar-refractivity contribution in [3.8, 4) is 12.1 Å². The van der Waals surface area contributed by atoms with Gasteiger partial charge in [0, 0.05) is 0 Å². The van der Waals surface area contributed by atoms with Crippen molar-refractivity contribution in [1.82, 2.24) is 0 Å². The molecule has 0 N–H and O–H groups in total. The van der Waals surface area contributed by atoms with Crippen LogP contribution in [0.2, 0.25) is 0 Å². The first-order valence-electron chi connectivity index (χ1n) is 3.45. The third-order valence-electron chi connectivity index (χ3n) is 1.22. The van der Waals surface area contributed by atoms with E-state index in [1.54, 1.807) is 6.08 Å². The summed E-state index contributed by atoms with van der Waals surface area (Å²) in [4.78, 5) is 0. The van der Waals surface area contributed by atoms with Crippen LogP contribution >= 0.6 is 0 Å². The highest BCUT2D eigenvalue weighted by atomic mass is 14.3. The van der Waals surface area contributed by atoms with Gasteiger partial charge in [0.05, 0.1) is 17.2 Å². The van der Waals surface area contributed by atoms with E-state index in [0.29, 0.717) is 5.57 Å². The lowest BCUT2D eigenvalue weighted by molar-refractivity contribution is 0.954. The van der Waals surface area contributed by atoms with Crippen molar-refractivity contribution < 1.29 is 0 Å². The van der Waals surface area contributed by atoms with Crippen molar-refractivity contribution in [2.24, 2.45) is 0 Å². The molecule has 0 heterocycles. The fraction of sp³-hybridized carbons (Fsp3) is 0.333. The van der Waals surface area contributed by atoms with Crippen LogP contribution in [0.4, 0.5) is 0 Å². The molecule has 2 heteroatoms. The summed E-state index contributed by atoms with van der Waals surface area (Å²) in [5, 5.41) is 16.9. The lowest BCUT2D eigenvalue weighted by Crippen LogP contribution is -1.81. The number of nitrogens with zero attached hydrogens (tertiary/aromatic N) is 2. The zero-order chi connectivity index (χ0) is 8.69. The van der Waals surface area contributed by atoms with Crippen molar-refractivity contribution in [3.05, 3.63) is 23.8 Å². The van der Waals surface area contributed by atoms with Gasteiger partial charge in [-0.1, -0.05) is 26.0 Å². The lowest BCUT2D eigenvalue weighted by Gasteiger charge is -1.90. The van der Waals surface area contributed by atoms with Gasteiger partial charge in [-0.3, -0.25) is 0 Å². The minimum Gasteiger partial charge on any atom is -0.192 e. The van der Waals surface area contributed by atoms with Gasteiger partial charge in [0.1, 0.15) is 6.07 Å². The maximum absolute atomic E-state index is 8.52. The molecule has 0 aliphatic carbocycles. The van der Waals surface area contributed by atoms with E-state index in [-0.39, 0.29) is 5.57 Å². The summed E-state index contributed by atoms with van der Waals surface area (Å²) in [6.45, 7) is 5.46. The van der Waals surface area contributed by atoms with E-state index in [1.807, 2.05) is 19.1 Å². The van der Waals surface area contributed by atoms with Gasteiger partial charge in [-0.25, -0.2) is 0 Å². The van der Waals surface area contributed by atoms with Crippen molar-refractivity contribution >= 4 is 0 Å². The van der Waals surface area contributed by atoms with Crippen LogP contribution in [0.5, 0.6) is 0 Å². The number of nitriles is 2. The van der Waals surface area contributed by atoms with E-state index in [2.05, 4.69) is 6.58 Å². The van der Waals surface area contributed by atoms with E-state index in [0.717, 1.165) is 12.8 Å². The minimum absolute atomic E-state index is 0.251. The smallest absolute Gasteiger partial charge is 0.100 e. The molecule has 0 aromatic heterocycles. The Kier molecular flexibility index (Phi) is 4.52. The van der Waals surface area contributed by atoms with Crippen LogP contribution in [-0.2, 0) is 0 Å². The molecule has 0 saturated carbocycles. The fourth-order valence-corrected chi connectivity index (χ4v) is 0.585. The average Bonchev–Trinajstić information content (AvgIpc) is 2.05. The molecule has 0 aromatic carbocycles. The molecule has 0 atom stereocenters. The number of allylic oxidation sites excluding steroid dienone is 3. The lowest BCUT2D eigenvalue weighted by atomic mass is 10.1. The van der Waals surface area contributed by atoms with Crippen LogP contribution in [-0.4, -0.2) is 0 Å². The molecule has 2 nitrogen and oxygen atoms in total. The van der Waals surface area contributed by atoms with E-state index >= 15 is 0 Å². The van der Waals surface area contributed by atoms with Gasteiger partial charge >= 0.3 is 0 Å². The molecular weight excluding hydrogens is 136 g/mol. The number of hydrogen-bond acceptors (Lipinski definition) is 2. The first-order chi connectivity index (χ1) is 5.26. The Balaban J connectivity index is 4.34. The Morgan fingerprint density at radius 1 is 1.45 bits per heavy atom. The summed E-state index contributed by atoms with van der Waals surface area (Å²) in [6, 6.07) is 3.77. The predicted octanol–water partition coefficient (Wildman–Crippen LogP) is 2.32. The topological polar surface area (TPSA) is 47.6 Å². The second-order valence-corrected chi connectivity index (χ2v) is 2.11. The SMILES string of the molecule is C=C(C#N)C(C#N)=CCCC. The molecule has 0 spiro atoms. The largest absolute Gasteiger partial charge is 0.192 e. The Hall–Kier alpha value is -1.54. The standard InChI is InChI=1S/C9H10N2/c1-3-4-5-9(7-11)8(2)6-10/h5H,2-4H2,1H3. The van der Waals surface area contributed by atoms with Gasteiger partial charge in [-0.05, 0) is 6.42 Å². The molecule has 0 unspecified atom stereocenters. The summed E-state index contributed by atoms with van der Waals surface area (Å²) < 4.78 is 0. The summed E-state index contributed by atoms with van der Waals surface area (Å²) in [6.07, 6.45) is 3.54. The van der Waals surface area contributed by atoms with Gasteiger partial charge in [-0.15, -0.1) is 0 Å². The highest BCUT2D eigenvalue weighted by molar-refractivity contribution is 5.47. The van der Waals surface area contributed by atoms with Crippen LogP contribution < -0.4 is 0 Å². The molecule has 0 radical (unpaired) electrons. The van der Waals surface area contributed by atoms with E-state index < -0.39 is 0 Å². The normalized spacial score (nSPS) is 9.91. The first kappa shape index (κ1) is 9.46. The number of rotatable bonds is 3. The number of hydrogen-bond donors (Lipinski definition) is 0. The summed E-state index contributed by atoms with van der Waals surface area (Å²) in [5.41, 5.74) is 0.648. The molecule has 11 heavy (non-hydrogen) atoms. The van der Waals surface area contributed by atoms with Crippen LogP contribution in [0, 0.1) is 22.7 Å². The molecular formula is C9H10N2. The third kappa shape index (κ3) is 3.23.